The summed E-state index contributed by atoms with van der Waals surface area (Å²) < 4.78 is 32.7. The van der Waals surface area contributed by atoms with Crippen LogP contribution in [0.4, 0.5) is 0 Å². The van der Waals surface area contributed by atoms with Gasteiger partial charge < -0.3 is 4.74 Å². The van der Waals surface area contributed by atoms with Gasteiger partial charge in [-0.05, 0) is 62.3 Å². The molecule has 1 aliphatic carbocycles. The maximum absolute atomic E-state index is 12.7. The Morgan fingerprint density at radius 3 is 2.62 bits per heavy atom. The summed E-state index contributed by atoms with van der Waals surface area (Å²) in [6.07, 6.45) is 3.39. The molecule has 21 heavy (non-hydrogen) atoms. The molecule has 1 aliphatic heterocycles. The van der Waals surface area contributed by atoms with Crippen LogP contribution in [-0.4, -0.2) is 38.5 Å². The van der Waals surface area contributed by atoms with E-state index < -0.39 is 10.0 Å². The van der Waals surface area contributed by atoms with Crippen molar-refractivity contribution in [3.05, 3.63) is 29.3 Å². The van der Waals surface area contributed by atoms with Crippen molar-refractivity contribution in [3.63, 3.8) is 0 Å². The molecule has 4 nitrogen and oxygen atoms in total. The second-order valence-corrected chi connectivity index (χ2v) is 8.23. The second-order valence-electron chi connectivity index (χ2n) is 6.30. The minimum Gasteiger partial charge on any atom is -0.377 e. The van der Waals surface area contributed by atoms with Gasteiger partial charge in [-0.2, -0.15) is 4.31 Å². The van der Waals surface area contributed by atoms with Crippen LogP contribution >= 0.6 is 0 Å². The average molecular weight is 309 g/mol. The molecule has 0 radical (unpaired) electrons. The van der Waals surface area contributed by atoms with Gasteiger partial charge in [0, 0.05) is 19.7 Å². The average Bonchev–Trinajstić information content (AvgIpc) is 3.15. The standard InChI is InChI=1S/C16H23NO3S/c1-12-3-6-16(9-13(12)2)21(18,19)17-8-7-15(10-17)20-11-14-4-5-14/h3,6,9,14-15H,4-5,7-8,10-11H2,1-2H3. The number of hydrogen-bond donors (Lipinski definition) is 0. The van der Waals surface area contributed by atoms with Gasteiger partial charge in [0.1, 0.15) is 0 Å². The zero-order valence-electron chi connectivity index (χ0n) is 12.7. The zero-order chi connectivity index (χ0) is 15.0. The highest BCUT2D eigenvalue weighted by atomic mass is 32.2. The van der Waals surface area contributed by atoms with E-state index in [0.29, 0.717) is 18.0 Å². The Bertz CT molecular complexity index is 622. The van der Waals surface area contributed by atoms with E-state index in [-0.39, 0.29) is 6.10 Å². The van der Waals surface area contributed by atoms with Crippen molar-refractivity contribution in [3.8, 4) is 0 Å². The van der Waals surface area contributed by atoms with Crippen molar-refractivity contribution in [1.82, 2.24) is 4.31 Å². The third-order valence-electron chi connectivity index (χ3n) is 4.49. The lowest BCUT2D eigenvalue weighted by Crippen LogP contribution is -2.30. The van der Waals surface area contributed by atoms with Crippen molar-refractivity contribution < 1.29 is 13.2 Å². The van der Waals surface area contributed by atoms with E-state index in [1.807, 2.05) is 19.9 Å². The van der Waals surface area contributed by atoms with Gasteiger partial charge in [-0.15, -0.1) is 0 Å². The minimum atomic E-state index is -3.38. The van der Waals surface area contributed by atoms with Gasteiger partial charge in [-0.1, -0.05) is 6.07 Å². The highest BCUT2D eigenvalue weighted by Gasteiger charge is 2.34. The molecule has 1 aromatic carbocycles. The topological polar surface area (TPSA) is 46.6 Å². The van der Waals surface area contributed by atoms with E-state index in [1.54, 1.807) is 16.4 Å². The first-order valence-electron chi connectivity index (χ1n) is 7.66. The van der Waals surface area contributed by atoms with Gasteiger partial charge in [-0.3, -0.25) is 0 Å². The molecular weight excluding hydrogens is 286 g/mol. The van der Waals surface area contributed by atoms with E-state index in [9.17, 15) is 8.42 Å². The fraction of sp³-hybridized carbons (Fsp3) is 0.625. The van der Waals surface area contributed by atoms with Crippen LogP contribution in [0.1, 0.15) is 30.4 Å². The Labute approximate surface area is 127 Å². The highest BCUT2D eigenvalue weighted by molar-refractivity contribution is 7.89. The first-order valence-corrected chi connectivity index (χ1v) is 9.10. The van der Waals surface area contributed by atoms with E-state index in [2.05, 4.69) is 0 Å². The van der Waals surface area contributed by atoms with Gasteiger partial charge in [-0.25, -0.2) is 8.42 Å². The van der Waals surface area contributed by atoms with E-state index in [4.69, 9.17) is 4.74 Å². The van der Waals surface area contributed by atoms with E-state index in [1.165, 1.54) is 12.8 Å². The zero-order valence-corrected chi connectivity index (χ0v) is 13.5. The molecule has 0 aromatic heterocycles. The highest BCUT2D eigenvalue weighted by Crippen LogP contribution is 2.30. The third kappa shape index (κ3) is 3.30. The largest absolute Gasteiger partial charge is 0.377 e. The summed E-state index contributed by atoms with van der Waals surface area (Å²) in [4.78, 5) is 0.397. The van der Waals surface area contributed by atoms with Gasteiger partial charge in [0.2, 0.25) is 10.0 Å². The third-order valence-corrected chi connectivity index (χ3v) is 6.35. The van der Waals surface area contributed by atoms with Crippen LogP contribution in [0.5, 0.6) is 0 Å². The molecule has 1 saturated carbocycles. The second kappa shape index (κ2) is 5.71. The summed E-state index contributed by atoms with van der Waals surface area (Å²) in [5.74, 6) is 0.718. The Morgan fingerprint density at radius 2 is 1.95 bits per heavy atom. The Morgan fingerprint density at radius 1 is 1.19 bits per heavy atom. The molecule has 1 unspecified atom stereocenters. The van der Waals surface area contributed by atoms with Gasteiger partial charge >= 0.3 is 0 Å². The maximum Gasteiger partial charge on any atom is 0.243 e. The van der Waals surface area contributed by atoms with Crippen molar-refractivity contribution in [2.24, 2.45) is 5.92 Å². The molecule has 5 heteroatoms. The predicted molar refractivity (Wildman–Crippen MR) is 81.8 cm³/mol. The van der Waals surface area contributed by atoms with Crippen LogP contribution in [0, 0.1) is 19.8 Å². The fourth-order valence-corrected chi connectivity index (χ4v) is 4.20. The normalized spacial score (nSPS) is 23.6. The van der Waals surface area contributed by atoms with E-state index >= 15 is 0 Å². The molecule has 2 aliphatic rings. The molecule has 1 atom stereocenters. The number of nitrogens with zero attached hydrogens (tertiary/aromatic N) is 1. The summed E-state index contributed by atoms with van der Waals surface area (Å²) in [6, 6.07) is 5.35. The lowest BCUT2D eigenvalue weighted by atomic mass is 10.1. The molecular formula is C16H23NO3S. The van der Waals surface area contributed by atoms with Crippen molar-refractivity contribution in [1.29, 1.82) is 0 Å². The van der Waals surface area contributed by atoms with Crippen molar-refractivity contribution in [2.45, 2.75) is 44.1 Å². The molecule has 0 amide bonds. The summed E-state index contributed by atoms with van der Waals surface area (Å²) in [5.41, 5.74) is 2.12. The molecule has 3 rings (SSSR count). The van der Waals surface area contributed by atoms with Gasteiger partial charge in [0.15, 0.2) is 0 Å². The minimum absolute atomic E-state index is 0.0620. The van der Waals surface area contributed by atoms with E-state index in [0.717, 1.165) is 30.1 Å². The molecule has 0 spiro atoms. The predicted octanol–water partition coefficient (Wildman–Crippen LogP) is 2.49. The van der Waals surface area contributed by atoms with Crippen LogP contribution in [0.2, 0.25) is 0 Å². The summed E-state index contributed by atoms with van der Waals surface area (Å²) in [6.45, 7) is 5.78. The molecule has 0 N–H and O–H groups in total. The van der Waals surface area contributed by atoms with Crippen LogP contribution in [0.3, 0.4) is 0 Å². The lowest BCUT2D eigenvalue weighted by Gasteiger charge is -2.17. The van der Waals surface area contributed by atoms with Crippen LogP contribution in [0.25, 0.3) is 0 Å². The SMILES string of the molecule is Cc1ccc(S(=O)(=O)N2CCC(OCC3CC3)C2)cc1C. The van der Waals surface area contributed by atoms with Crippen LogP contribution < -0.4 is 0 Å². The fourth-order valence-electron chi connectivity index (χ4n) is 2.63. The summed E-state index contributed by atoms with van der Waals surface area (Å²) >= 11 is 0. The summed E-state index contributed by atoms with van der Waals surface area (Å²) in [7, 11) is -3.38. The molecule has 2 fully saturated rings. The van der Waals surface area contributed by atoms with Crippen LogP contribution in [-0.2, 0) is 14.8 Å². The monoisotopic (exact) mass is 309 g/mol. The number of sulfonamides is 1. The number of ether oxygens (including phenoxy) is 1. The van der Waals surface area contributed by atoms with Crippen molar-refractivity contribution >= 4 is 10.0 Å². The Hall–Kier alpha value is -0.910. The van der Waals surface area contributed by atoms with Gasteiger partial charge in [0.05, 0.1) is 11.0 Å². The Balaban J connectivity index is 1.68. The van der Waals surface area contributed by atoms with Crippen LogP contribution in [0.15, 0.2) is 23.1 Å². The number of benzene rings is 1. The first kappa shape index (κ1) is 15.0. The lowest BCUT2D eigenvalue weighted by molar-refractivity contribution is 0.0561. The van der Waals surface area contributed by atoms with Crippen molar-refractivity contribution in [2.75, 3.05) is 19.7 Å². The van der Waals surface area contributed by atoms with Gasteiger partial charge in [0.25, 0.3) is 0 Å². The number of rotatable bonds is 5. The summed E-state index contributed by atoms with van der Waals surface area (Å²) in [5, 5.41) is 0. The number of hydrogen-bond acceptors (Lipinski definition) is 3. The molecule has 116 valence electrons. The smallest absolute Gasteiger partial charge is 0.243 e. The first-order chi connectivity index (χ1) is 9.96. The quantitative estimate of drug-likeness (QED) is 0.839. The molecule has 1 saturated heterocycles. The number of aryl methyl sites for hydroxylation is 2. The molecule has 0 bridgehead atoms. The Kier molecular flexibility index (Phi) is 4.08. The molecule has 1 heterocycles. The molecule has 1 aromatic rings. The maximum atomic E-state index is 12.7.